The zero-order chi connectivity index (χ0) is 10.2. The molecule has 0 bridgehead atoms. The Kier molecular flexibility index (Phi) is 2.44. The number of imide groups is 1. The van der Waals surface area contributed by atoms with E-state index in [1.807, 2.05) is 10.6 Å². The monoisotopic (exact) mass is 222 g/mol. The predicted octanol–water partition coefficient (Wildman–Crippen LogP) is -1.17. The highest BCUT2D eigenvalue weighted by atomic mass is 32.1. The lowest BCUT2D eigenvalue weighted by Gasteiger charge is -2.33. The van der Waals surface area contributed by atoms with Gasteiger partial charge in [0.1, 0.15) is 5.25 Å². The summed E-state index contributed by atoms with van der Waals surface area (Å²) in [7, 11) is 0. The van der Waals surface area contributed by atoms with Crippen LogP contribution in [0.2, 0.25) is 0 Å². The average molecular weight is 222 g/mol. The zero-order valence-electron chi connectivity index (χ0n) is 6.14. The van der Waals surface area contributed by atoms with E-state index in [0.29, 0.717) is 0 Å². The number of aliphatic carboxylic acids is 1. The van der Waals surface area contributed by atoms with Crippen LogP contribution >= 0.6 is 25.3 Å². The molecule has 1 fully saturated rings. The second-order valence-corrected chi connectivity index (χ2v) is 3.64. The molecule has 0 aromatic heterocycles. The molecule has 2 atom stereocenters. The van der Waals surface area contributed by atoms with Crippen LogP contribution in [0.5, 0.6) is 0 Å². The summed E-state index contributed by atoms with van der Waals surface area (Å²) < 4.78 is 0. The van der Waals surface area contributed by atoms with Crippen molar-refractivity contribution in [3.8, 4) is 0 Å². The Morgan fingerprint density at radius 2 is 2.08 bits per heavy atom. The van der Waals surface area contributed by atoms with Crippen molar-refractivity contribution in [2.45, 2.75) is 10.1 Å². The van der Waals surface area contributed by atoms with E-state index in [1.54, 1.807) is 0 Å². The smallest absolute Gasteiger partial charge is 0.341 e. The summed E-state index contributed by atoms with van der Waals surface area (Å²) in [6, 6.07) is -0.896. The number of carboxylic acids is 1. The first-order chi connectivity index (χ1) is 5.88. The number of carbonyl (C=O) groups is 3. The molecule has 72 valence electrons. The summed E-state index contributed by atoms with van der Waals surface area (Å²) in [5.74, 6) is -2.22. The van der Waals surface area contributed by atoms with Gasteiger partial charge in [-0.15, -0.1) is 12.6 Å². The van der Waals surface area contributed by atoms with E-state index in [9.17, 15) is 14.4 Å². The van der Waals surface area contributed by atoms with Gasteiger partial charge in [0.25, 0.3) is 0 Å². The molecule has 1 aliphatic heterocycles. The Balaban J connectivity index is 3.02. The molecule has 1 rings (SSSR count). The lowest BCUT2D eigenvalue weighted by molar-refractivity contribution is -0.142. The molecule has 0 aromatic rings. The third-order valence-electron chi connectivity index (χ3n) is 1.51. The van der Waals surface area contributed by atoms with Crippen LogP contribution in [0.3, 0.4) is 0 Å². The first-order valence-electron chi connectivity index (χ1n) is 3.15. The zero-order valence-corrected chi connectivity index (χ0v) is 7.93. The number of carboxylic acid groups (broad SMARTS) is 1. The van der Waals surface area contributed by atoms with Crippen molar-refractivity contribution in [1.29, 1.82) is 0 Å². The number of hydrogen-bond donors (Lipinski definition) is 5. The molecule has 2 unspecified atom stereocenters. The molecular weight excluding hydrogens is 216 g/mol. The Bertz CT molecular complexity index is 294. The summed E-state index contributed by atoms with van der Waals surface area (Å²) in [6.07, 6.45) is 0. The van der Waals surface area contributed by atoms with Crippen molar-refractivity contribution >= 4 is 43.2 Å². The number of nitrogens with one attached hydrogen (secondary N) is 2. The molecule has 1 saturated heterocycles. The van der Waals surface area contributed by atoms with Gasteiger partial charge in [-0.25, -0.2) is 9.59 Å². The highest BCUT2D eigenvalue weighted by molar-refractivity contribution is 7.87. The minimum atomic E-state index is -1.96. The first-order valence-corrected chi connectivity index (χ1v) is 4.11. The number of rotatable bonds is 1. The van der Waals surface area contributed by atoms with Gasteiger partial charge in [-0.05, 0) is 0 Å². The maximum Gasteiger partial charge on any atom is 0.341 e. The van der Waals surface area contributed by atoms with Crippen LogP contribution < -0.4 is 10.6 Å². The number of carbonyl (C=O) groups excluding carboxylic acids is 2. The van der Waals surface area contributed by atoms with Gasteiger partial charge < -0.3 is 10.4 Å². The Labute approximate surface area is 83.9 Å². The van der Waals surface area contributed by atoms with Crippen molar-refractivity contribution in [3.05, 3.63) is 0 Å². The van der Waals surface area contributed by atoms with Gasteiger partial charge in [-0.3, -0.25) is 10.1 Å². The molecule has 0 aromatic carbocycles. The Morgan fingerprint density at radius 3 is 2.54 bits per heavy atom. The number of thiol groups is 2. The van der Waals surface area contributed by atoms with E-state index >= 15 is 0 Å². The minimum Gasteiger partial charge on any atom is -0.479 e. The van der Waals surface area contributed by atoms with Crippen molar-refractivity contribution in [3.63, 3.8) is 0 Å². The summed E-state index contributed by atoms with van der Waals surface area (Å²) >= 11 is 7.42. The molecule has 8 heteroatoms. The van der Waals surface area contributed by atoms with Gasteiger partial charge in [0.15, 0.2) is 0 Å². The third kappa shape index (κ3) is 1.59. The van der Waals surface area contributed by atoms with Gasteiger partial charge >= 0.3 is 12.0 Å². The molecule has 1 aliphatic rings. The van der Waals surface area contributed by atoms with Crippen molar-refractivity contribution in [1.82, 2.24) is 10.6 Å². The molecule has 0 radical (unpaired) electrons. The summed E-state index contributed by atoms with van der Waals surface area (Å²) in [5, 5.41) is 11.3. The molecule has 0 aliphatic carbocycles. The molecular formula is C5H6N2O4S2. The topological polar surface area (TPSA) is 95.5 Å². The number of urea groups is 1. The maximum absolute atomic E-state index is 11.0. The standard InChI is InChI=1S/C5H6N2O4S2/c8-2-1(12)5(13,3(9)10)7-4(11)6-2/h1,12-13H,(H,9,10)(H2,6,7,8,11). The second kappa shape index (κ2) is 3.11. The average Bonchev–Trinajstić information content (AvgIpc) is 1.99. The van der Waals surface area contributed by atoms with Gasteiger partial charge in [0.2, 0.25) is 10.8 Å². The maximum atomic E-state index is 11.0. The van der Waals surface area contributed by atoms with Gasteiger partial charge in [-0.1, -0.05) is 0 Å². The lowest BCUT2D eigenvalue weighted by atomic mass is 10.1. The highest BCUT2D eigenvalue weighted by Crippen LogP contribution is 2.23. The van der Waals surface area contributed by atoms with Crippen LogP contribution in [0.1, 0.15) is 0 Å². The quantitative estimate of drug-likeness (QED) is 0.361. The Morgan fingerprint density at radius 1 is 1.54 bits per heavy atom. The largest absolute Gasteiger partial charge is 0.479 e. The second-order valence-electron chi connectivity index (χ2n) is 2.42. The number of amides is 3. The predicted molar refractivity (Wildman–Crippen MR) is 48.8 cm³/mol. The minimum absolute atomic E-state index is 0.788. The van der Waals surface area contributed by atoms with Crippen LogP contribution in [0, 0.1) is 0 Å². The molecule has 0 saturated carbocycles. The molecule has 6 nitrogen and oxygen atoms in total. The summed E-state index contributed by atoms with van der Waals surface area (Å²) in [6.45, 7) is 0. The van der Waals surface area contributed by atoms with Crippen LogP contribution in [-0.4, -0.2) is 33.1 Å². The van der Waals surface area contributed by atoms with E-state index < -0.39 is 28.0 Å². The Hall–Kier alpha value is -0.890. The van der Waals surface area contributed by atoms with Crippen molar-refractivity contribution in [2.24, 2.45) is 0 Å². The van der Waals surface area contributed by atoms with Crippen LogP contribution in [-0.2, 0) is 9.59 Å². The van der Waals surface area contributed by atoms with Gasteiger partial charge in [-0.2, -0.15) is 12.6 Å². The highest BCUT2D eigenvalue weighted by Gasteiger charge is 2.50. The molecule has 0 spiro atoms. The molecule has 3 N–H and O–H groups in total. The fraction of sp³-hybridized carbons (Fsp3) is 0.400. The molecule has 3 amide bonds. The van der Waals surface area contributed by atoms with Crippen molar-refractivity contribution < 1.29 is 19.5 Å². The lowest BCUT2D eigenvalue weighted by Crippen LogP contribution is -2.68. The third-order valence-corrected chi connectivity index (χ3v) is 2.90. The van der Waals surface area contributed by atoms with E-state index in [-0.39, 0.29) is 0 Å². The van der Waals surface area contributed by atoms with E-state index in [1.165, 1.54) is 0 Å². The van der Waals surface area contributed by atoms with Crippen molar-refractivity contribution in [2.75, 3.05) is 0 Å². The van der Waals surface area contributed by atoms with E-state index in [0.717, 1.165) is 0 Å². The van der Waals surface area contributed by atoms with Gasteiger partial charge in [0.05, 0.1) is 0 Å². The molecule has 13 heavy (non-hydrogen) atoms. The normalized spacial score (nSPS) is 33.5. The van der Waals surface area contributed by atoms with Gasteiger partial charge in [0, 0.05) is 0 Å². The van der Waals surface area contributed by atoms with Crippen LogP contribution in [0.4, 0.5) is 4.79 Å². The fourth-order valence-electron chi connectivity index (χ4n) is 0.813. The molecule has 1 heterocycles. The summed E-state index contributed by atoms with van der Waals surface area (Å²) in [5.41, 5.74) is 0. The van der Waals surface area contributed by atoms with E-state index in [2.05, 4.69) is 25.3 Å². The van der Waals surface area contributed by atoms with Crippen LogP contribution in [0.25, 0.3) is 0 Å². The number of hydrogen-bond acceptors (Lipinski definition) is 5. The SMILES string of the molecule is O=C1NC(=O)C(S)C(S)(C(=O)O)N1. The summed E-state index contributed by atoms with van der Waals surface area (Å²) in [4.78, 5) is 30.4. The first kappa shape index (κ1) is 10.2. The van der Waals surface area contributed by atoms with E-state index in [4.69, 9.17) is 5.11 Å². The fourth-order valence-corrected chi connectivity index (χ4v) is 1.27. The van der Waals surface area contributed by atoms with Crippen LogP contribution in [0.15, 0.2) is 0 Å².